The SMILES string of the molecule is O=[N+]([O-])C1=C(c2ccccc2[N+](=O)[O-])CCC=C1. The lowest BCUT2D eigenvalue weighted by molar-refractivity contribution is -0.418. The summed E-state index contributed by atoms with van der Waals surface area (Å²) in [5.74, 6) is 0. The quantitative estimate of drug-likeness (QED) is 0.606. The van der Waals surface area contributed by atoms with Crippen molar-refractivity contribution >= 4 is 11.3 Å². The molecule has 6 nitrogen and oxygen atoms in total. The number of rotatable bonds is 3. The van der Waals surface area contributed by atoms with Gasteiger partial charge in [-0.3, -0.25) is 20.2 Å². The summed E-state index contributed by atoms with van der Waals surface area (Å²) >= 11 is 0. The molecule has 1 aromatic rings. The number of para-hydroxylation sites is 1. The molecule has 18 heavy (non-hydrogen) atoms. The summed E-state index contributed by atoms with van der Waals surface area (Å²) in [6.45, 7) is 0. The highest BCUT2D eigenvalue weighted by atomic mass is 16.6. The molecule has 0 unspecified atom stereocenters. The Morgan fingerprint density at radius 3 is 2.44 bits per heavy atom. The Hall–Kier alpha value is -2.50. The second kappa shape index (κ2) is 4.79. The molecule has 1 aliphatic rings. The number of benzene rings is 1. The number of hydrogen-bond donors (Lipinski definition) is 0. The minimum Gasteiger partial charge on any atom is -0.258 e. The average Bonchev–Trinajstić information content (AvgIpc) is 2.38. The zero-order valence-corrected chi connectivity index (χ0v) is 9.41. The Bertz CT molecular complexity index is 575. The van der Waals surface area contributed by atoms with Crippen molar-refractivity contribution in [3.05, 3.63) is 67.9 Å². The first kappa shape index (κ1) is 12.0. The van der Waals surface area contributed by atoms with Crippen LogP contribution in [0.5, 0.6) is 0 Å². The van der Waals surface area contributed by atoms with Crippen molar-refractivity contribution in [2.24, 2.45) is 0 Å². The molecule has 92 valence electrons. The summed E-state index contributed by atoms with van der Waals surface area (Å²) in [6.07, 6.45) is 4.21. The highest BCUT2D eigenvalue weighted by molar-refractivity contribution is 5.76. The van der Waals surface area contributed by atoms with E-state index in [0.717, 1.165) is 0 Å². The van der Waals surface area contributed by atoms with Gasteiger partial charge in [-0.25, -0.2) is 0 Å². The van der Waals surface area contributed by atoms with E-state index in [1.807, 2.05) is 0 Å². The highest BCUT2D eigenvalue weighted by Gasteiger charge is 2.25. The molecule has 0 amide bonds. The smallest absolute Gasteiger partial charge is 0.258 e. The van der Waals surface area contributed by atoms with Crippen LogP contribution in [0, 0.1) is 20.2 Å². The molecule has 0 spiro atoms. The van der Waals surface area contributed by atoms with Crippen molar-refractivity contribution in [1.29, 1.82) is 0 Å². The molecule has 0 saturated heterocycles. The van der Waals surface area contributed by atoms with Crippen LogP contribution >= 0.6 is 0 Å². The average molecular weight is 246 g/mol. The van der Waals surface area contributed by atoms with Gasteiger partial charge in [-0.05, 0) is 18.9 Å². The first-order valence-corrected chi connectivity index (χ1v) is 5.39. The molecular weight excluding hydrogens is 236 g/mol. The fourth-order valence-electron chi connectivity index (χ4n) is 1.98. The summed E-state index contributed by atoms with van der Waals surface area (Å²) < 4.78 is 0. The van der Waals surface area contributed by atoms with Gasteiger partial charge in [0.2, 0.25) is 0 Å². The van der Waals surface area contributed by atoms with Crippen LogP contribution in [0.2, 0.25) is 0 Å². The lowest BCUT2D eigenvalue weighted by Crippen LogP contribution is -2.05. The topological polar surface area (TPSA) is 86.3 Å². The normalized spacial score (nSPS) is 14.7. The lowest BCUT2D eigenvalue weighted by atomic mass is 9.94. The first-order valence-electron chi connectivity index (χ1n) is 5.39. The van der Waals surface area contributed by atoms with Gasteiger partial charge >= 0.3 is 0 Å². The van der Waals surface area contributed by atoms with Crippen molar-refractivity contribution in [1.82, 2.24) is 0 Å². The number of nitro groups is 2. The summed E-state index contributed by atoms with van der Waals surface area (Å²) in [7, 11) is 0. The molecule has 0 N–H and O–H groups in total. The van der Waals surface area contributed by atoms with Crippen molar-refractivity contribution in [2.75, 3.05) is 0 Å². The van der Waals surface area contributed by atoms with E-state index in [2.05, 4.69) is 0 Å². The van der Waals surface area contributed by atoms with E-state index in [4.69, 9.17) is 0 Å². The van der Waals surface area contributed by atoms with E-state index >= 15 is 0 Å². The van der Waals surface area contributed by atoms with Gasteiger partial charge in [0.1, 0.15) is 0 Å². The van der Waals surface area contributed by atoms with E-state index in [0.29, 0.717) is 24.0 Å². The van der Waals surface area contributed by atoms with E-state index in [1.165, 1.54) is 12.1 Å². The first-order chi connectivity index (χ1) is 8.61. The van der Waals surface area contributed by atoms with E-state index in [1.54, 1.807) is 24.3 Å². The monoisotopic (exact) mass is 246 g/mol. The number of allylic oxidation sites excluding steroid dienone is 3. The van der Waals surface area contributed by atoms with Crippen LogP contribution < -0.4 is 0 Å². The Morgan fingerprint density at radius 2 is 1.78 bits per heavy atom. The number of nitrogens with zero attached hydrogens (tertiary/aromatic N) is 2. The summed E-state index contributed by atoms with van der Waals surface area (Å²) in [5.41, 5.74) is 0.603. The Labute approximate surface area is 103 Å². The van der Waals surface area contributed by atoms with Crippen LogP contribution in [0.3, 0.4) is 0 Å². The van der Waals surface area contributed by atoms with Crippen LogP contribution in [0.25, 0.3) is 5.57 Å². The standard InChI is InChI=1S/C12H10N2O4/c15-13(16)11-7-3-1-5-9(11)10-6-2-4-8-12(10)14(17)18/h1,3-5,7-8H,2,6H2. The molecular formula is C12H10N2O4. The molecule has 0 bridgehead atoms. The second-order valence-corrected chi connectivity index (χ2v) is 3.84. The maximum absolute atomic E-state index is 10.9. The summed E-state index contributed by atoms with van der Waals surface area (Å²) in [4.78, 5) is 20.9. The van der Waals surface area contributed by atoms with Gasteiger partial charge in [0.05, 0.1) is 15.4 Å². The largest absolute Gasteiger partial charge is 0.277 e. The maximum atomic E-state index is 10.9. The van der Waals surface area contributed by atoms with Crippen LogP contribution in [0.1, 0.15) is 18.4 Å². The fourth-order valence-corrected chi connectivity index (χ4v) is 1.98. The third-order valence-corrected chi connectivity index (χ3v) is 2.77. The van der Waals surface area contributed by atoms with Crippen LogP contribution in [-0.2, 0) is 0 Å². The molecule has 0 radical (unpaired) electrons. The predicted molar refractivity (Wildman–Crippen MR) is 65.4 cm³/mol. The van der Waals surface area contributed by atoms with Crippen LogP contribution in [0.15, 0.2) is 42.1 Å². The molecule has 0 aliphatic heterocycles. The molecule has 1 aromatic carbocycles. The zero-order valence-electron chi connectivity index (χ0n) is 9.41. The maximum Gasteiger partial charge on any atom is 0.277 e. The highest BCUT2D eigenvalue weighted by Crippen LogP contribution is 2.34. The molecule has 2 rings (SSSR count). The van der Waals surface area contributed by atoms with Gasteiger partial charge in [0.15, 0.2) is 0 Å². The van der Waals surface area contributed by atoms with Gasteiger partial charge in [0.25, 0.3) is 11.4 Å². The van der Waals surface area contributed by atoms with Crippen molar-refractivity contribution < 1.29 is 9.85 Å². The van der Waals surface area contributed by atoms with Crippen molar-refractivity contribution in [3.8, 4) is 0 Å². The van der Waals surface area contributed by atoms with E-state index in [-0.39, 0.29) is 11.4 Å². The molecule has 0 heterocycles. The summed E-state index contributed by atoms with van der Waals surface area (Å²) in [6, 6.07) is 6.10. The summed E-state index contributed by atoms with van der Waals surface area (Å²) in [5, 5.41) is 21.9. The van der Waals surface area contributed by atoms with Gasteiger partial charge in [-0.1, -0.05) is 18.2 Å². The van der Waals surface area contributed by atoms with Gasteiger partial charge in [-0.2, -0.15) is 0 Å². The molecule has 1 aliphatic carbocycles. The third-order valence-electron chi connectivity index (χ3n) is 2.77. The second-order valence-electron chi connectivity index (χ2n) is 3.84. The molecule has 0 saturated carbocycles. The Kier molecular flexibility index (Phi) is 3.18. The van der Waals surface area contributed by atoms with Crippen LogP contribution in [-0.4, -0.2) is 9.85 Å². The minimum atomic E-state index is -0.516. The van der Waals surface area contributed by atoms with Gasteiger partial charge in [0, 0.05) is 17.7 Å². The van der Waals surface area contributed by atoms with E-state index in [9.17, 15) is 20.2 Å². The predicted octanol–water partition coefficient (Wildman–Crippen LogP) is 2.93. The number of hydrogen-bond acceptors (Lipinski definition) is 4. The molecule has 6 heteroatoms. The molecule has 0 fully saturated rings. The Morgan fingerprint density at radius 1 is 1.06 bits per heavy atom. The zero-order chi connectivity index (χ0) is 13.1. The van der Waals surface area contributed by atoms with E-state index < -0.39 is 9.85 Å². The van der Waals surface area contributed by atoms with Crippen molar-refractivity contribution in [2.45, 2.75) is 12.8 Å². The third kappa shape index (κ3) is 2.13. The molecule has 0 atom stereocenters. The Balaban J connectivity index is 2.63. The van der Waals surface area contributed by atoms with Crippen molar-refractivity contribution in [3.63, 3.8) is 0 Å². The molecule has 0 aromatic heterocycles. The van der Waals surface area contributed by atoms with Gasteiger partial charge < -0.3 is 0 Å². The lowest BCUT2D eigenvalue weighted by Gasteiger charge is -2.10. The van der Waals surface area contributed by atoms with Crippen LogP contribution in [0.4, 0.5) is 5.69 Å². The fraction of sp³-hybridized carbons (Fsp3) is 0.167. The number of nitro benzene ring substituents is 1. The minimum absolute atomic E-state index is 0.0597. The van der Waals surface area contributed by atoms with Gasteiger partial charge in [-0.15, -0.1) is 0 Å².